The number of nitrogens with zero attached hydrogens (tertiary/aromatic N) is 4. The zero-order chi connectivity index (χ0) is 12.3. The minimum Gasteiger partial charge on any atom is -0.368 e. The van der Waals surface area contributed by atoms with Gasteiger partial charge in [0.15, 0.2) is 5.82 Å². The Morgan fingerprint density at radius 2 is 2.00 bits per heavy atom. The van der Waals surface area contributed by atoms with E-state index in [1.165, 1.54) is 0 Å². The van der Waals surface area contributed by atoms with Gasteiger partial charge in [-0.25, -0.2) is 0 Å². The number of nitrogen functional groups attached to an aromatic ring is 1. The Labute approximate surface area is 99.4 Å². The van der Waals surface area contributed by atoms with Crippen LogP contribution in [0.4, 0.5) is 11.9 Å². The Balaban J connectivity index is 2.38. The lowest BCUT2D eigenvalue weighted by Crippen LogP contribution is -2.14. The van der Waals surface area contributed by atoms with Crippen LogP contribution in [-0.4, -0.2) is 26.0 Å². The standard InChI is InChI=1S/C11H14N6/c1-7(2)14-11-16-9(15-10(12)17-11)8-5-3-4-6-13-8/h3-7H,1-2H3,(H3,12,14,15,16,17). The molecule has 0 aliphatic heterocycles. The first-order valence-electron chi connectivity index (χ1n) is 5.34. The molecular formula is C11H14N6. The molecule has 17 heavy (non-hydrogen) atoms. The number of aromatic nitrogens is 4. The van der Waals surface area contributed by atoms with E-state index in [0.717, 1.165) is 0 Å². The predicted molar refractivity (Wildman–Crippen MR) is 66.2 cm³/mol. The van der Waals surface area contributed by atoms with Crippen LogP contribution < -0.4 is 11.1 Å². The maximum atomic E-state index is 5.64. The summed E-state index contributed by atoms with van der Waals surface area (Å²) in [5.41, 5.74) is 6.32. The molecule has 0 aromatic carbocycles. The number of hydrogen-bond acceptors (Lipinski definition) is 6. The molecule has 0 unspecified atom stereocenters. The number of anilines is 2. The minimum atomic E-state index is 0.184. The van der Waals surface area contributed by atoms with Crippen molar-refractivity contribution in [3.05, 3.63) is 24.4 Å². The van der Waals surface area contributed by atoms with Crippen LogP contribution in [0.5, 0.6) is 0 Å². The van der Waals surface area contributed by atoms with Crippen LogP contribution in [0.15, 0.2) is 24.4 Å². The third-order valence-electron chi connectivity index (χ3n) is 1.96. The normalized spacial score (nSPS) is 10.5. The van der Waals surface area contributed by atoms with Gasteiger partial charge in [-0.2, -0.15) is 15.0 Å². The average Bonchev–Trinajstić information content (AvgIpc) is 2.28. The van der Waals surface area contributed by atoms with E-state index in [1.807, 2.05) is 32.0 Å². The molecule has 0 atom stereocenters. The number of nitrogens with two attached hydrogens (primary N) is 1. The number of hydrogen-bond donors (Lipinski definition) is 2. The molecule has 0 saturated heterocycles. The van der Waals surface area contributed by atoms with Crippen molar-refractivity contribution >= 4 is 11.9 Å². The molecular weight excluding hydrogens is 216 g/mol. The van der Waals surface area contributed by atoms with Gasteiger partial charge in [-0.15, -0.1) is 0 Å². The number of pyridine rings is 1. The van der Waals surface area contributed by atoms with Gasteiger partial charge in [-0.05, 0) is 26.0 Å². The van der Waals surface area contributed by atoms with Crippen molar-refractivity contribution in [3.8, 4) is 11.5 Å². The fourth-order valence-electron chi connectivity index (χ4n) is 1.32. The van der Waals surface area contributed by atoms with Gasteiger partial charge in [0.05, 0.1) is 0 Å². The molecule has 2 rings (SSSR count). The molecule has 0 bridgehead atoms. The lowest BCUT2D eigenvalue weighted by molar-refractivity contribution is 0.869. The van der Waals surface area contributed by atoms with E-state index in [-0.39, 0.29) is 12.0 Å². The molecule has 6 nitrogen and oxygen atoms in total. The summed E-state index contributed by atoms with van der Waals surface area (Å²) in [5.74, 6) is 1.12. The zero-order valence-corrected chi connectivity index (χ0v) is 9.75. The maximum absolute atomic E-state index is 5.64. The van der Waals surface area contributed by atoms with Crippen LogP contribution in [0.25, 0.3) is 11.5 Å². The predicted octanol–water partition coefficient (Wildman–Crippen LogP) is 1.34. The lowest BCUT2D eigenvalue weighted by atomic mass is 10.3. The van der Waals surface area contributed by atoms with Gasteiger partial charge in [0.25, 0.3) is 0 Å². The topological polar surface area (TPSA) is 89.6 Å². The van der Waals surface area contributed by atoms with Gasteiger partial charge in [-0.3, -0.25) is 4.98 Å². The monoisotopic (exact) mass is 230 g/mol. The fraction of sp³-hybridized carbons (Fsp3) is 0.273. The van der Waals surface area contributed by atoms with Crippen molar-refractivity contribution in [3.63, 3.8) is 0 Å². The second kappa shape index (κ2) is 4.73. The third kappa shape index (κ3) is 2.87. The Kier molecular flexibility index (Phi) is 3.13. The molecule has 2 aromatic heterocycles. The molecule has 0 saturated carbocycles. The van der Waals surface area contributed by atoms with Crippen LogP contribution in [-0.2, 0) is 0 Å². The Morgan fingerprint density at radius 3 is 2.65 bits per heavy atom. The SMILES string of the molecule is CC(C)Nc1nc(N)nc(-c2ccccn2)n1. The highest BCUT2D eigenvalue weighted by molar-refractivity contribution is 5.52. The average molecular weight is 230 g/mol. The van der Waals surface area contributed by atoms with Gasteiger partial charge in [0, 0.05) is 12.2 Å². The van der Waals surface area contributed by atoms with E-state index in [2.05, 4.69) is 25.3 Å². The van der Waals surface area contributed by atoms with Crippen LogP contribution in [0.2, 0.25) is 0 Å². The van der Waals surface area contributed by atoms with Gasteiger partial charge in [-0.1, -0.05) is 6.07 Å². The van der Waals surface area contributed by atoms with Gasteiger partial charge in [0.2, 0.25) is 11.9 Å². The van der Waals surface area contributed by atoms with Crippen molar-refractivity contribution in [2.45, 2.75) is 19.9 Å². The lowest BCUT2D eigenvalue weighted by Gasteiger charge is -2.09. The summed E-state index contributed by atoms with van der Waals surface area (Å²) < 4.78 is 0. The van der Waals surface area contributed by atoms with Crippen LogP contribution in [0.1, 0.15) is 13.8 Å². The van der Waals surface area contributed by atoms with E-state index >= 15 is 0 Å². The molecule has 0 aliphatic rings. The molecule has 0 spiro atoms. The summed E-state index contributed by atoms with van der Waals surface area (Å²) in [6, 6.07) is 5.76. The van der Waals surface area contributed by atoms with Crippen molar-refractivity contribution < 1.29 is 0 Å². The van der Waals surface area contributed by atoms with E-state index in [1.54, 1.807) is 6.20 Å². The molecule has 2 aromatic rings. The minimum absolute atomic E-state index is 0.184. The molecule has 0 radical (unpaired) electrons. The summed E-state index contributed by atoms with van der Waals surface area (Å²) in [4.78, 5) is 16.5. The van der Waals surface area contributed by atoms with Crippen molar-refractivity contribution in [2.75, 3.05) is 11.1 Å². The summed E-state index contributed by atoms with van der Waals surface area (Å²) >= 11 is 0. The van der Waals surface area contributed by atoms with Crippen molar-refractivity contribution in [2.24, 2.45) is 0 Å². The first-order valence-corrected chi connectivity index (χ1v) is 5.34. The summed E-state index contributed by atoms with van der Waals surface area (Å²) in [6.07, 6.45) is 1.69. The maximum Gasteiger partial charge on any atom is 0.228 e. The molecule has 6 heteroatoms. The van der Waals surface area contributed by atoms with Gasteiger partial charge in [0.1, 0.15) is 5.69 Å². The van der Waals surface area contributed by atoms with Crippen molar-refractivity contribution in [1.82, 2.24) is 19.9 Å². The number of nitrogens with one attached hydrogen (secondary N) is 1. The van der Waals surface area contributed by atoms with Crippen LogP contribution in [0, 0.1) is 0 Å². The molecule has 0 amide bonds. The van der Waals surface area contributed by atoms with E-state index in [9.17, 15) is 0 Å². The molecule has 0 aliphatic carbocycles. The largest absolute Gasteiger partial charge is 0.368 e. The highest BCUT2D eigenvalue weighted by Gasteiger charge is 2.07. The summed E-state index contributed by atoms with van der Waals surface area (Å²) in [5, 5.41) is 3.09. The summed E-state index contributed by atoms with van der Waals surface area (Å²) in [7, 11) is 0. The second-order valence-electron chi connectivity index (χ2n) is 3.85. The Hall–Kier alpha value is -2.24. The van der Waals surface area contributed by atoms with Crippen molar-refractivity contribution in [1.29, 1.82) is 0 Å². The summed E-state index contributed by atoms with van der Waals surface area (Å²) in [6.45, 7) is 4.00. The molecule has 2 heterocycles. The first kappa shape index (κ1) is 11.3. The molecule has 3 N–H and O–H groups in total. The highest BCUT2D eigenvalue weighted by Crippen LogP contribution is 2.14. The quantitative estimate of drug-likeness (QED) is 0.826. The molecule has 0 fully saturated rings. The van der Waals surface area contributed by atoms with E-state index in [4.69, 9.17) is 5.73 Å². The van der Waals surface area contributed by atoms with E-state index < -0.39 is 0 Å². The molecule has 88 valence electrons. The zero-order valence-electron chi connectivity index (χ0n) is 9.75. The van der Waals surface area contributed by atoms with E-state index in [0.29, 0.717) is 17.5 Å². The van der Waals surface area contributed by atoms with Crippen LogP contribution in [0.3, 0.4) is 0 Å². The number of rotatable bonds is 3. The second-order valence-corrected chi connectivity index (χ2v) is 3.85. The van der Waals surface area contributed by atoms with Crippen LogP contribution >= 0.6 is 0 Å². The smallest absolute Gasteiger partial charge is 0.228 e. The third-order valence-corrected chi connectivity index (χ3v) is 1.96. The van der Waals surface area contributed by atoms with Gasteiger partial charge >= 0.3 is 0 Å². The highest BCUT2D eigenvalue weighted by atomic mass is 15.2. The Bertz CT molecular complexity index is 497. The van der Waals surface area contributed by atoms with Gasteiger partial charge < -0.3 is 11.1 Å². The fourth-order valence-corrected chi connectivity index (χ4v) is 1.32. The Morgan fingerprint density at radius 1 is 1.18 bits per heavy atom. The first-order chi connectivity index (χ1) is 8.15.